The molecular formula is C30H38N2O7. The lowest BCUT2D eigenvalue weighted by atomic mass is 9.78. The van der Waals surface area contributed by atoms with Crippen LogP contribution in [0.1, 0.15) is 44.9 Å². The van der Waals surface area contributed by atoms with Crippen molar-refractivity contribution in [3.05, 3.63) is 48.6 Å². The molecule has 1 aromatic carbocycles. The lowest BCUT2D eigenvalue weighted by Crippen LogP contribution is -2.55. The number of likely N-dealkylation sites (tertiary alicyclic amines) is 1. The van der Waals surface area contributed by atoms with Gasteiger partial charge in [-0.15, -0.1) is 0 Å². The number of unbranched alkanes of at least 4 members (excludes halogenated alkanes) is 3. The number of cyclic esters (lactones) is 1. The van der Waals surface area contributed by atoms with E-state index >= 15 is 0 Å². The summed E-state index contributed by atoms with van der Waals surface area (Å²) >= 11 is 0. The summed E-state index contributed by atoms with van der Waals surface area (Å²) in [6, 6.07) is 6.34. The number of amides is 2. The molecule has 1 aromatic rings. The van der Waals surface area contributed by atoms with Gasteiger partial charge in [0.05, 0.1) is 25.7 Å². The zero-order valence-electron chi connectivity index (χ0n) is 22.5. The Hall–Kier alpha value is -3.17. The quantitative estimate of drug-likeness (QED) is 0.308. The molecule has 4 aliphatic rings. The van der Waals surface area contributed by atoms with Gasteiger partial charge in [0.25, 0.3) is 5.91 Å². The van der Waals surface area contributed by atoms with Crippen molar-refractivity contribution in [2.24, 2.45) is 11.8 Å². The molecule has 2 amide bonds. The predicted molar refractivity (Wildman–Crippen MR) is 144 cm³/mol. The molecule has 5 rings (SSSR count). The highest BCUT2D eigenvalue weighted by molar-refractivity contribution is 6.05. The van der Waals surface area contributed by atoms with Gasteiger partial charge in [0.1, 0.15) is 23.3 Å². The lowest BCUT2D eigenvalue weighted by molar-refractivity contribution is -0.154. The maximum Gasteiger partial charge on any atom is 0.312 e. The van der Waals surface area contributed by atoms with E-state index < -0.39 is 35.6 Å². The summed E-state index contributed by atoms with van der Waals surface area (Å²) in [6.07, 6.45) is 12.5. The second-order valence-electron chi connectivity index (χ2n) is 10.7. The number of carbonyl (C=O) groups is 3. The highest BCUT2D eigenvalue weighted by Crippen LogP contribution is 2.53. The van der Waals surface area contributed by atoms with E-state index in [4.69, 9.17) is 19.3 Å². The van der Waals surface area contributed by atoms with Crippen LogP contribution in [0.25, 0.3) is 0 Å². The number of carbonyl (C=O) groups excluding carboxylic acids is 3. The maximum absolute atomic E-state index is 14.4. The van der Waals surface area contributed by atoms with Crippen molar-refractivity contribution in [1.29, 1.82) is 0 Å². The van der Waals surface area contributed by atoms with Gasteiger partial charge >= 0.3 is 5.97 Å². The van der Waals surface area contributed by atoms with E-state index in [1.54, 1.807) is 29.0 Å². The minimum absolute atomic E-state index is 0.128. The zero-order chi connectivity index (χ0) is 27.4. The Balaban J connectivity index is 1.52. The Morgan fingerprint density at radius 1 is 1.03 bits per heavy atom. The van der Waals surface area contributed by atoms with Crippen LogP contribution in [0.4, 0.5) is 5.69 Å². The molecule has 1 spiro atoms. The summed E-state index contributed by atoms with van der Waals surface area (Å²) in [5.74, 6) is -1.91. The third kappa shape index (κ3) is 5.10. The molecule has 0 radical (unpaired) electrons. The number of esters is 1. The number of allylic oxidation sites excluding steroid dienone is 1. The van der Waals surface area contributed by atoms with Gasteiger partial charge in [-0.25, -0.2) is 0 Å². The maximum atomic E-state index is 14.4. The summed E-state index contributed by atoms with van der Waals surface area (Å²) in [4.78, 5) is 45.2. The van der Waals surface area contributed by atoms with Gasteiger partial charge < -0.3 is 29.1 Å². The van der Waals surface area contributed by atoms with Crippen LogP contribution < -0.4 is 9.64 Å². The molecule has 0 aromatic heterocycles. The first-order chi connectivity index (χ1) is 19.0. The number of benzene rings is 1. The van der Waals surface area contributed by atoms with E-state index in [1.807, 2.05) is 36.4 Å². The van der Waals surface area contributed by atoms with Crippen molar-refractivity contribution in [3.63, 3.8) is 0 Å². The van der Waals surface area contributed by atoms with Crippen molar-refractivity contribution >= 4 is 23.5 Å². The number of rotatable bonds is 8. The minimum atomic E-state index is -1.27. The van der Waals surface area contributed by atoms with Crippen molar-refractivity contribution in [3.8, 4) is 5.75 Å². The minimum Gasteiger partial charge on any atom is -0.497 e. The summed E-state index contributed by atoms with van der Waals surface area (Å²) in [7, 11) is 1.59. The number of methoxy groups -OCH3 is 1. The topological polar surface area (TPSA) is 106 Å². The van der Waals surface area contributed by atoms with Crippen LogP contribution in [0.5, 0.6) is 5.75 Å². The van der Waals surface area contributed by atoms with Crippen molar-refractivity contribution in [2.75, 3.05) is 38.3 Å². The van der Waals surface area contributed by atoms with Gasteiger partial charge in [0.2, 0.25) is 5.91 Å². The molecule has 210 valence electrons. The van der Waals surface area contributed by atoms with Crippen LogP contribution in [0, 0.1) is 11.8 Å². The Morgan fingerprint density at radius 2 is 1.82 bits per heavy atom. The first-order valence-electron chi connectivity index (χ1n) is 14.1. The van der Waals surface area contributed by atoms with Crippen LogP contribution in [-0.2, 0) is 23.9 Å². The second-order valence-corrected chi connectivity index (χ2v) is 10.7. The van der Waals surface area contributed by atoms with E-state index in [0.29, 0.717) is 44.0 Å². The number of fused-ring (bicyclic) bond motifs is 2. The third-order valence-corrected chi connectivity index (χ3v) is 8.29. The Kier molecular flexibility index (Phi) is 8.37. The summed E-state index contributed by atoms with van der Waals surface area (Å²) in [6.45, 7) is 1.12. The largest absolute Gasteiger partial charge is 0.497 e. The molecule has 5 atom stereocenters. The molecule has 4 heterocycles. The fourth-order valence-corrected chi connectivity index (χ4v) is 6.40. The van der Waals surface area contributed by atoms with E-state index in [9.17, 15) is 14.4 Å². The van der Waals surface area contributed by atoms with Crippen molar-refractivity contribution in [2.45, 2.75) is 62.7 Å². The molecule has 9 nitrogen and oxygen atoms in total. The van der Waals surface area contributed by atoms with Crippen molar-refractivity contribution in [1.82, 2.24) is 4.90 Å². The highest BCUT2D eigenvalue weighted by Gasteiger charge is 2.71. The molecule has 9 heteroatoms. The predicted octanol–water partition coefficient (Wildman–Crippen LogP) is 3.01. The molecule has 0 bridgehead atoms. The molecule has 2 fully saturated rings. The van der Waals surface area contributed by atoms with Gasteiger partial charge in [0, 0.05) is 25.4 Å². The average molecular weight is 539 g/mol. The zero-order valence-corrected chi connectivity index (χ0v) is 22.5. The second kappa shape index (κ2) is 11.9. The van der Waals surface area contributed by atoms with Gasteiger partial charge in [0.15, 0.2) is 0 Å². The Labute approximate surface area is 229 Å². The summed E-state index contributed by atoms with van der Waals surface area (Å²) in [5, 5.41) is 9.14. The standard InChI is InChI=1S/C30H38N2O7/c1-37-22-14-12-21(13-15-22)31-18-10-16-30-25(24-23(39-30)11-6-2-5-9-20-38-29(24)36)27(34)32(26(30)28(31)35)17-7-3-4-8-19-33/h6,10-16,23-26,33H,2-5,7-9,17-20H2,1H3/b11-6-/t23-,24+,25-,26?,30-/m0/s1. The molecule has 0 aliphatic carbocycles. The van der Waals surface area contributed by atoms with E-state index in [1.165, 1.54) is 0 Å². The number of nitrogens with zero attached hydrogens (tertiary/aromatic N) is 2. The monoisotopic (exact) mass is 538 g/mol. The number of aliphatic hydroxyl groups is 1. The van der Waals surface area contributed by atoms with Crippen molar-refractivity contribution < 1.29 is 33.7 Å². The number of hydrogen-bond donors (Lipinski definition) is 1. The summed E-state index contributed by atoms with van der Waals surface area (Å²) < 4.78 is 17.6. The van der Waals surface area contributed by atoms with E-state index in [2.05, 4.69) is 0 Å². The van der Waals surface area contributed by atoms with Crippen LogP contribution >= 0.6 is 0 Å². The molecule has 1 N–H and O–H groups in total. The van der Waals surface area contributed by atoms with Gasteiger partial charge in [-0.1, -0.05) is 37.1 Å². The molecule has 39 heavy (non-hydrogen) atoms. The van der Waals surface area contributed by atoms with Crippen LogP contribution in [-0.4, -0.2) is 79.0 Å². The number of anilines is 1. The molecule has 2 saturated heterocycles. The smallest absolute Gasteiger partial charge is 0.312 e. The fourth-order valence-electron chi connectivity index (χ4n) is 6.40. The molecule has 0 saturated carbocycles. The van der Waals surface area contributed by atoms with Gasteiger partial charge in [-0.3, -0.25) is 14.4 Å². The lowest BCUT2D eigenvalue weighted by Gasteiger charge is -2.35. The Bertz CT molecular complexity index is 1120. The average Bonchev–Trinajstić information content (AvgIpc) is 3.33. The van der Waals surface area contributed by atoms with Crippen LogP contribution in [0.15, 0.2) is 48.6 Å². The van der Waals surface area contributed by atoms with Gasteiger partial charge in [-0.05, 0) is 56.4 Å². The van der Waals surface area contributed by atoms with Crippen LogP contribution in [0.2, 0.25) is 0 Å². The molecule has 1 unspecified atom stereocenters. The normalized spacial score (nSPS) is 31.3. The SMILES string of the molecule is COc1ccc(N2CC=C[C@]34O[C@H]5/C=C\CCCCOC(=O)[C@H]5[C@H]3C(=O)N(CCCCCCO)C4C2=O)cc1. The fraction of sp³-hybridized carbons (Fsp3) is 0.567. The molecular weight excluding hydrogens is 500 g/mol. The number of aliphatic hydroxyl groups excluding tert-OH is 1. The highest BCUT2D eigenvalue weighted by atomic mass is 16.6. The van der Waals surface area contributed by atoms with E-state index in [-0.39, 0.29) is 18.4 Å². The first kappa shape index (κ1) is 27.4. The van der Waals surface area contributed by atoms with E-state index in [0.717, 1.165) is 32.1 Å². The first-order valence-corrected chi connectivity index (χ1v) is 14.1. The summed E-state index contributed by atoms with van der Waals surface area (Å²) in [5.41, 5.74) is -0.578. The number of hydrogen-bond acceptors (Lipinski definition) is 7. The Morgan fingerprint density at radius 3 is 2.59 bits per heavy atom. The molecule has 4 aliphatic heterocycles. The number of ether oxygens (including phenoxy) is 3. The third-order valence-electron chi connectivity index (χ3n) is 8.29. The van der Waals surface area contributed by atoms with Gasteiger partial charge in [-0.2, -0.15) is 0 Å². The van der Waals surface area contributed by atoms with Crippen LogP contribution in [0.3, 0.4) is 0 Å².